The van der Waals surface area contributed by atoms with Crippen molar-refractivity contribution in [3.05, 3.63) is 60.0 Å². The molecule has 0 spiro atoms. The second-order valence-corrected chi connectivity index (χ2v) is 10.3. The van der Waals surface area contributed by atoms with Gasteiger partial charge in [-0.25, -0.2) is 4.79 Å². The molecule has 205 valence electrons. The minimum absolute atomic E-state index is 0.322. The van der Waals surface area contributed by atoms with E-state index in [0.29, 0.717) is 35.2 Å². The van der Waals surface area contributed by atoms with Crippen LogP contribution in [0.2, 0.25) is 0 Å². The van der Waals surface area contributed by atoms with Crippen LogP contribution in [0, 0.1) is 23.7 Å². The second-order valence-electron chi connectivity index (χ2n) is 10.3. The topological polar surface area (TPSA) is 68.6 Å². The molecule has 0 heterocycles. The van der Waals surface area contributed by atoms with Crippen molar-refractivity contribution in [3.8, 4) is 23.3 Å². The Kier molecular flexibility index (Phi) is 13.6. The molecule has 0 aromatic heterocycles. The number of hydrogen-bond donors (Lipinski definition) is 0. The molecule has 0 N–H and O–H groups in total. The number of benzene rings is 2. The van der Waals surface area contributed by atoms with Crippen molar-refractivity contribution in [1.82, 2.24) is 0 Å². The maximum absolute atomic E-state index is 12.7. The summed E-state index contributed by atoms with van der Waals surface area (Å²) in [5.74, 6) is 1.82. The summed E-state index contributed by atoms with van der Waals surface area (Å²) in [7, 11) is 0. The minimum atomic E-state index is -0.505. The molecule has 0 saturated heterocycles. The molecular weight excluding hydrogens is 474 g/mol. The molecule has 5 nitrogen and oxygen atoms in total. The smallest absolute Gasteiger partial charge is 0.343 e. The van der Waals surface area contributed by atoms with Gasteiger partial charge in [0, 0.05) is 0 Å². The fourth-order valence-electron chi connectivity index (χ4n) is 4.79. The summed E-state index contributed by atoms with van der Waals surface area (Å²) in [5, 5.41) is 9.57. The van der Waals surface area contributed by atoms with Crippen LogP contribution in [-0.4, -0.2) is 19.2 Å². The summed E-state index contributed by atoms with van der Waals surface area (Å²) >= 11 is 0. The third-order valence-corrected chi connectivity index (χ3v) is 7.17. The molecule has 2 aromatic carbocycles. The Balaban J connectivity index is 1.36. The lowest BCUT2D eigenvalue weighted by Gasteiger charge is -2.21. The Labute approximate surface area is 229 Å². The van der Waals surface area contributed by atoms with Crippen LogP contribution in [0.5, 0.6) is 17.2 Å². The Bertz CT molecular complexity index is 989. The maximum atomic E-state index is 12.7. The highest BCUT2D eigenvalue weighted by molar-refractivity contribution is 5.91. The number of esters is 1. The highest BCUT2D eigenvalue weighted by Crippen LogP contribution is 2.26. The van der Waals surface area contributed by atoms with Gasteiger partial charge in [-0.2, -0.15) is 5.26 Å². The molecule has 1 aliphatic carbocycles. The van der Waals surface area contributed by atoms with E-state index < -0.39 is 5.97 Å². The Morgan fingerprint density at radius 3 is 2.13 bits per heavy atom. The summed E-state index contributed by atoms with van der Waals surface area (Å²) in [5.41, 5.74) is 0.665. The Morgan fingerprint density at radius 1 is 0.842 bits per heavy atom. The maximum Gasteiger partial charge on any atom is 0.343 e. The normalized spacial score (nSPS) is 13.6. The molecule has 0 amide bonds. The third-order valence-electron chi connectivity index (χ3n) is 7.17. The quantitative estimate of drug-likeness (QED) is 0.119. The fourth-order valence-corrected chi connectivity index (χ4v) is 4.79. The lowest BCUT2D eigenvalue weighted by Crippen LogP contribution is -2.15. The molecule has 0 atom stereocenters. The van der Waals surface area contributed by atoms with E-state index in [4.69, 9.17) is 14.2 Å². The van der Waals surface area contributed by atoms with Crippen molar-refractivity contribution < 1.29 is 19.0 Å². The van der Waals surface area contributed by atoms with Gasteiger partial charge in [-0.05, 0) is 86.9 Å². The lowest BCUT2D eigenvalue weighted by molar-refractivity contribution is 0.0734. The molecule has 1 aliphatic rings. The zero-order valence-electron chi connectivity index (χ0n) is 23.1. The van der Waals surface area contributed by atoms with E-state index in [-0.39, 0.29) is 0 Å². The Hall–Kier alpha value is -3.00. The first-order valence-corrected chi connectivity index (χ1v) is 14.6. The molecule has 1 saturated carbocycles. The van der Waals surface area contributed by atoms with Gasteiger partial charge in [-0.3, -0.25) is 0 Å². The van der Waals surface area contributed by atoms with Gasteiger partial charge in [0.2, 0.25) is 0 Å². The Morgan fingerprint density at radius 2 is 1.47 bits per heavy atom. The summed E-state index contributed by atoms with van der Waals surface area (Å²) < 4.78 is 17.3. The monoisotopic (exact) mass is 518 g/mol. The lowest BCUT2D eigenvalue weighted by atomic mass is 9.90. The predicted molar refractivity (Wildman–Crippen MR) is 152 cm³/mol. The zero-order chi connectivity index (χ0) is 26.8. The van der Waals surface area contributed by atoms with E-state index in [1.54, 1.807) is 24.3 Å². The molecule has 1 radical (unpaired) electrons. The zero-order valence-corrected chi connectivity index (χ0v) is 23.1. The van der Waals surface area contributed by atoms with Crippen molar-refractivity contribution in [1.29, 1.82) is 5.26 Å². The van der Waals surface area contributed by atoms with Crippen LogP contribution in [0.15, 0.2) is 42.5 Å². The van der Waals surface area contributed by atoms with Gasteiger partial charge in [0.05, 0.1) is 24.3 Å². The van der Waals surface area contributed by atoms with Gasteiger partial charge in [0.25, 0.3) is 0 Å². The van der Waals surface area contributed by atoms with E-state index in [1.807, 2.05) is 12.1 Å². The number of carbonyl (C=O) groups excluding carboxylic acids is 1. The number of unbranched alkanes of at least 4 members (excludes halogenated alkanes) is 9. The molecular formula is C33H44NO4. The summed E-state index contributed by atoms with van der Waals surface area (Å²) in [6.45, 7) is 3.54. The van der Waals surface area contributed by atoms with Gasteiger partial charge in [-0.1, -0.05) is 64.7 Å². The highest BCUT2D eigenvalue weighted by atomic mass is 16.5. The van der Waals surface area contributed by atoms with E-state index in [0.717, 1.165) is 25.2 Å². The van der Waals surface area contributed by atoms with Gasteiger partial charge < -0.3 is 14.2 Å². The van der Waals surface area contributed by atoms with Crippen LogP contribution < -0.4 is 14.2 Å². The number of hydrogen-bond acceptors (Lipinski definition) is 5. The predicted octanol–water partition coefficient (Wildman–Crippen LogP) is 8.85. The average Bonchev–Trinajstić information content (AvgIpc) is 2.96. The van der Waals surface area contributed by atoms with Crippen molar-refractivity contribution in [2.45, 2.75) is 96.8 Å². The van der Waals surface area contributed by atoms with Crippen LogP contribution in [0.3, 0.4) is 0 Å². The van der Waals surface area contributed by atoms with Crippen LogP contribution in [0.4, 0.5) is 0 Å². The molecule has 0 unspecified atom stereocenters. The first-order valence-electron chi connectivity index (χ1n) is 14.6. The van der Waals surface area contributed by atoms with Gasteiger partial charge in [0.1, 0.15) is 23.3 Å². The standard InChI is InChI=1S/C33H44NO4/c1-2-3-4-5-6-7-8-9-10-14-23-36-32-22-17-28(24-29(32)25-34)33(35)38-31-20-18-30(19-21-31)37-26-27-15-12-11-13-16-27/h11,17-22,24,27H,2-10,12-16,23,26H2,1H3. The molecule has 1 fully saturated rings. The van der Waals surface area contributed by atoms with Gasteiger partial charge >= 0.3 is 5.97 Å². The van der Waals surface area contributed by atoms with E-state index >= 15 is 0 Å². The van der Waals surface area contributed by atoms with Crippen molar-refractivity contribution >= 4 is 5.97 Å². The largest absolute Gasteiger partial charge is 0.493 e. The summed E-state index contributed by atoms with van der Waals surface area (Å²) in [4.78, 5) is 12.7. The summed E-state index contributed by atoms with van der Waals surface area (Å²) in [6.07, 6.45) is 19.7. The van der Waals surface area contributed by atoms with Gasteiger partial charge in [0.15, 0.2) is 0 Å². The second kappa shape index (κ2) is 17.5. The third kappa shape index (κ3) is 10.8. The summed E-state index contributed by atoms with van der Waals surface area (Å²) in [6, 6.07) is 14.1. The van der Waals surface area contributed by atoms with Crippen molar-refractivity contribution in [3.63, 3.8) is 0 Å². The van der Waals surface area contributed by atoms with E-state index in [9.17, 15) is 10.1 Å². The van der Waals surface area contributed by atoms with Crippen molar-refractivity contribution in [2.24, 2.45) is 5.92 Å². The SMILES string of the molecule is CCCCCCCCCCCCOc1ccc(C(=O)Oc2ccc(OCC3CC[CH]CC3)cc2)cc1C#N. The molecule has 5 heteroatoms. The van der Waals surface area contributed by atoms with E-state index in [1.165, 1.54) is 83.1 Å². The van der Waals surface area contributed by atoms with Gasteiger partial charge in [-0.15, -0.1) is 0 Å². The molecule has 0 aliphatic heterocycles. The van der Waals surface area contributed by atoms with Crippen LogP contribution in [0.1, 0.15) is 113 Å². The molecule has 38 heavy (non-hydrogen) atoms. The molecule has 0 bridgehead atoms. The van der Waals surface area contributed by atoms with Crippen LogP contribution in [-0.2, 0) is 0 Å². The number of rotatable bonds is 17. The molecule has 3 rings (SSSR count). The average molecular weight is 519 g/mol. The number of nitriles is 1. The molecule has 2 aromatic rings. The minimum Gasteiger partial charge on any atom is -0.493 e. The first kappa shape index (κ1) is 29.6. The van der Waals surface area contributed by atoms with Crippen LogP contribution in [0.25, 0.3) is 0 Å². The first-order chi connectivity index (χ1) is 18.7. The number of carbonyl (C=O) groups is 1. The highest BCUT2D eigenvalue weighted by Gasteiger charge is 2.15. The van der Waals surface area contributed by atoms with Crippen LogP contribution >= 0.6 is 0 Å². The van der Waals surface area contributed by atoms with Crippen molar-refractivity contribution in [2.75, 3.05) is 13.2 Å². The number of nitrogens with zero attached hydrogens (tertiary/aromatic N) is 1. The fraction of sp³-hybridized carbons (Fsp3) is 0.545. The number of ether oxygens (including phenoxy) is 3. The van der Waals surface area contributed by atoms with E-state index in [2.05, 4.69) is 19.4 Å².